The minimum absolute atomic E-state index is 0.0776. The third-order valence-corrected chi connectivity index (χ3v) is 5.77. The number of benzene rings is 3. The zero-order valence-electron chi connectivity index (χ0n) is 18.3. The first-order valence-corrected chi connectivity index (χ1v) is 10.5. The number of hydrogen-bond acceptors (Lipinski definition) is 5. The van der Waals surface area contributed by atoms with Crippen LogP contribution in [0, 0.1) is 12.8 Å². The van der Waals surface area contributed by atoms with Crippen LogP contribution in [0.2, 0.25) is 0 Å². The fraction of sp³-hybridized carbons (Fsp3) is 0.148. The molecule has 1 N–H and O–H groups in total. The van der Waals surface area contributed by atoms with Gasteiger partial charge in [0.25, 0.3) is 5.91 Å². The molecule has 3 aromatic rings. The highest BCUT2D eigenvalue weighted by molar-refractivity contribution is 6.48. The van der Waals surface area contributed by atoms with E-state index in [1.165, 1.54) is 24.2 Å². The Morgan fingerprint density at radius 1 is 1.00 bits per heavy atom. The van der Waals surface area contributed by atoms with Crippen molar-refractivity contribution < 1.29 is 24.2 Å². The number of ketones is 2. The monoisotopic (exact) mass is 441 g/mol. The molecule has 1 heterocycles. The first-order chi connectivity index (χ1) is 15.9. The predicted octanol–water partition coefficient (Wildman–Crippen LogP) is 4.26. The van der Waals surface area contributed by atoms with Gasteiger partial charge in [-0.3, -0.25) is 19.3 Å². The lowest BCUT2D eigenvalue weighted by Crippen LogP contribution is -2.31. The van der Waals surface area contributed by atoms with Crippen LogP contribution in [0.3, 0.4) is 0 Å². The molecular formula is C27H23NO5. The Morgan fingerprint density at radius 2 is 1.70 bits per heavy atom. The second-order valence-corrected chi connectivity index (χ2v) is 7.83. The van der Waals surface area contributed by atoms with E-state index in [0.29, 0.717) is 11.3 Å². The Balaban J connectivity index is 1.82. The number of anilines is 1. The summed E-state index contributed by atoms with van der Waals surface area (Å²) >= 11 is 0. The van der Waals surface area contributed by atoms with Crippen molar-refractivity contribution in [2.24, 2.45) is 5.92 Å². The summed E-state index contributed by atoms with van der Waals surface area (Å²) in [5, 5.41) is 10.0. The van der Waals surface area contributed by atoms with Crippen LogP contribution < -0.4 is 9.64 Å². The molecule has 0 aliphatic carbocycles. The van der Waals surface area contributed by atoms with Gasteiger partial charge in [0.15, 0.2) is 17.3 Å². The number of para-hydroxylation sites is 1. The summed E-state index contributed by atoms with van der Waals surface area (Å²) in [7, 11) is 1.41. The van der Waals surface area contributed by atoms with Gasteiger partial charge < -0.3 is 9.84 Å². The van der Waals surface area contributed by atoms with E-state index in [9.17, 15) is 19.5 Å². The molecule has 1 aliphatic rings. The van der Waals surface area contributed by atoms with Crippen molar-refractivity contribution in [3.8, 4) is 11.5 Å². The molecule has 0 saturated carbocycles. The first kappa shape index (κ1) is 22.0. The third-order valence-electron chi connectivity index (χ3n) is 5.77. The van der Waals surface area contributed by atoms with Crippen LogP contribution in [0.5, 0.6) is 11.5 Å². The van der Waals surface area contributed by atoms with Crippen LogP contribution in [0.15, 0.2) is 78.9 Å². The molecule has 3 aromatic carbocycles. The van der Waals surface area contributed by atoms with Gasteiger partial charge in [-0.05, 0) is 47.9 Å². The maximum atomic E-state index is 13.3. The minimum Gasteiger partial charge on any atom is -0.504 e. The fourth-order valence-electron chi connectivity index (χ4n) is 4.11. The standard InChI is InChI=1S/C27H23NO5/c1-17-8-6-7-11-20(17)28-25(19-13-15-21(29)23(16-19)33-2)24(26(31)27(28)32)22(30)14-12-18-9-4-3-5-10-18/h3-16,24-25,29H,1-2H3. The van der Waals surface area contributed by atoms with Gasteiger partial charge in [-0.2, -0.15) is 0 Å². The highest BCUT2D eigenvalue weighted by Crippen LogP contribution is 2.43. The second-order valence-electron chi connectivity index (χ2n) is 7.83. The van der Waals surface area contributed by atoms with Gasteiger partial charge in [0, 0.05) is 5.69 Å². The van der Waals surface area contributed by atoms with E-state index in [1.807, 2.05) is 49.4 Å². The van der Waals surface area contributed by atoms with Gasteiger partial charge in [-0.25, -0.2) is 0 Å². The minimum atomic E-state index is -1.23. The zero-order valence-corrected chi connectivity index (χ0v) is 18.3. The molecule has 6 heteroatoms. The van der Waals surface area contributed by atoms with Crippen LogP contribution in [0.4, 0.5) is 5.69 Å². The molecule has 1 aliphatic heterocycles. The van der Waals surface area contributed by atoms with E-state index in [-0.39, 0.29) is 11.5 Å². The van der Waals surface area contributed by atoms with E-state index in [2.05, 4.69) is 0 Å². The average Bonchev–Trinajstić information content (AvgIpc) is 3.09. The maximum Gasteiger partial charge on any atom is 0.295 e. The van der Waals surface area contributed by atoms with E-state index < -0.39 is 29.4 Å². The van der Waals surface area contributed by atoms with Crippen LogP contribution in [0.25, 0.3) is 6.08 Å². The van der Waals surface area contributed by atoms with E-state index in [0.717, 1.165) is 11.1 Å². The summed E-state index contributed by atoms with van der Waals surface area (Å²) < 4.78 is 5.23. The largest absolute Gasteiger partial charge is 0.504 e. The Labute approximate surface area is 191 Å². The van der Waals surface area contributed by atoms with Gasteiger partial charge in [0.2, 0.25) is 5.78 Å². The summed E-state index contributed by atoms with van der Waals surface area (Å²) in [4.78, 5) is 41.0. The van der Waals surface area contributed by atoms with Gasteiger partial charge in [0.05, 0.1) is 13.2 Å². The number of allylic oxidation sites excluding steroid dienone is 1. The number of amides is 1. The molecule has 0 bridgehead atoms. The molecule has 2 unspecified atom stereocenters. The molecule has 1 fully saturated rings. The number of hydrogen-bond donors (Lipinski definition) is 1. The Hall–Kier alpha value is -4.19. The molecule has 4 rings (SSSR count). The normalized spacial score (nSPS) is 18.2. The topological polar surface area (TPSA) is 83.9 Å². The number of phenols is 1. The molecule has 6 nitrogen and oxygen atoms in total. The lowest BCUT2D eigenvalue weighted by atomic mass is 9.88. The summed E-state index contributed by atoms with van der Waals surface area (Å²) in [6.45, 7) is 1.84. The molecule has 33 heavy (non-hydrogen) atoms. The molecule has 0 radical (unpaired) electrons. The first-order valence-electron chi connectivity index (χ1n) is 10.5. The van der Waals surface area contributed by atoms with E-state index in [1.54, 1.807) is 30.3 Å². The fourth-order valence-corrected chi connectivity index (χ4v) is 4.11. The summed E-state index contributed by atoms with van der Waals surface area (Å²) in [5.74, 6) is -3.09. The summed E-state index contributed by atoms with van der Waals surface area (Å²) in [6, 6.07) is 20.1. The summed E-state index contributed by atoms with van der Waals surface area (Å²) in [6.07, 6.45) is 2.97. The lowest BCUT2D eigenvalue weighted by molar-refractivity contribution is -0.138. The number of carbonyl (C=O) groups is 3. The van der Waals surface area contributed by atoms with Crippen LogP contribution in [0.1, 0.15) is 22.7 Å². The Bertz CT molecular complexity index is 1250. The average molecular weight is 441 g/mol. The maximum absolute atomic E-state index is 13.3. The highest BCUT2D eigenvalue weighted by atomic mass is 16.5. The van der Waals surface area contributed by atoms with Gasteiger partial charge in [-0.1, -0.05) is 60.7 Å². The SMILES string of the molecule is COc1cc(C2C(C(=O)C=Cc3ccccc3)C(=O)C(=O)N2c2ccccc2C)ccc1O. The van der Waals surface area contributed by atoms with Gasteiger partial charge in [-0.15, -0.1) is 0 Å². The number of methoxy groups -OCH3 is 1. The van der Waals surface area contributed by atoms with Crippen molar-refractivity contribution in [3.05, 3.63) is 95.6 Å². The van der Waals surface area contributed by atoms with Crippen molar-refractivity contribution in [3.63, 3.8) is 0 Å². The predicted molar refractivity (Wildman–Crippen MR) is 125 cm³/mol. The summed E-state index contributed by atoms with van der Waals surface area (Å²) in [5.41, 5.74) is 2.66. The zero-order chi connectivity index (χ0) is 23.5. The number of rotatable bonds is 6. The highest BCUT2D eigenvalue weighted by Gasteiger charge is 2.51. The van der Waals surface area contributed by atoms with Crippen molar-refractivity contribution in [2.75, 3.05) is 12.0 Å². The Morgan fingerprint density at radius 3 is 2.39 bits per heavy atom. The number of aromatic hydroxyl groups is 1. The quantitative estimate of drug-likeness (QED) is 0.351. The number of ether oxygens (including phenoxy) is 1. The van der Waals surface area contributed by atoms with Crippen molar-refractivity contribution in [2.45, 2.75) is 13.0 Å². The van der Waals surface area contributed by atoms with Gasteiger partial charge in [0.1, 0.15) is 5.92 Å². The molecule has 2 atom stereocenters. The van der Waals surface area contributed by atoms with E-state index in [4.69, 9.17) is 4.74 Å². The van der Waals surface area contributed by atoms with Crippen LogP contribution in [-0.4, -0.2) is 29.7 Å². The molecular weight excluding hydrogens is 418 g/mol. The molecule has 1 amide bonds. The molecule has 0 spiro atoms. The van der Waals surface area contributed by atoms with E-state index >= 15 is 0 Å². The number of nitrogens with zero attached hydrogens (tertiary/aromatic N) is 1. The Kier molecular flexibility index (Phi) is 6.09. The van der Waals surface area contributed by atoms with Crippen LogP contribution in [-0.2, 0) is 14.4 Å². The lowest BCUT2D eigenvalue weighted by Gasteiger charge is -2.28. The number of carbonyl (C=O) groups excluding carboxylic acids is 3. The van der Waals surface area contributed by atoms with Gasteiger partial charge >= 0.3 is 0 Å². The molecule has 0 aromatic heterocycles. The molecule has 166 valence electrons. The van der Waals surface area contributed by atoms with Crippen molar-refractivity contribution in [1.29, 1.82) is 0 Å². The number of aryl methyl sites for hydroxylation is 1. The van der Waals surface area contributed by atoms with Crippen molar-refractivity contribution in [1.82, 2.24) is 0 Å². The van der Waals surface area contributed by atoms with Crippen molar-refractivity contribution >= 4 is 29.2 Å². The number of Topliss-reactive ketones (excluding diaryl/α,β-unsaturated/α-hetero) is 1. The van der Waals surface area contributed by atoms with Crippen LogP contribution >= 0.6 is 0 Å². The second kappa shape index (κ2) is 9.12. The number of phenolic OH excluding ortho intramolecular Hbond substituents is 1. The third kappa shape index (κ3) is 4.15. The molecule has 1 saturated heterocycles. The smallest absolute Gasteiger partial charge is 0.295 e.